The number of carboxylic acid groups (broad SMARTS) is 1. The molecule has 7 rings (SSSR count). The Kier molecular flexibility index (Phi) is 4.88. The van der Waals surface area contributed by atoms with Crippen molar-refractivity contribution in [3.8, 4) is 0 Å². The van der Waals surface area contributed by atoms with Gasteiger partial charge in [0.15, 0.2) is 0 Å². The third-order valence-corrected chi connectivity index (χ3v) is 8.67. The number of nitrogens with zero attached hydrogens (tertiary/aromatic N) is 1. The minimum atomic E-state index is -1.07. The van der Waals surface area contributed by atoms with Gasteiger partial charge in [-0.25, -0.2) is 4.79 Å². The summed E-state index contributed by atoms with van der Waals surface area (Å²) >= 11 is 0. The van der Waals surface area contributed by atoms with Crippen LogP contribution >= 0.6 is 0 Å². The first-order valence-corrected chi connectivity index (χ1v) is 12.4. The number of carboxylic acids is 1. The van der Waals surface area contributed by atoms with Crippen LogP contribution in [0.4, 0.5) is 0 Å². The summed E-state index contributed by atoms with van der Waals surface area (Å²) in [6.45, 7) is 0. The highest BCUT2D eigenvalue weighted by Gasteiger charge is 2.65. The predicted molar refractivity (Wildman–Crippen MR) is 127 cm³/mol. The van der Waals surface area contributed by atoms with Crippen LogP contribution in [0.3, 0.4) is 0 Å². The maximum absolute atomic E-state index is 13.8. The molecule has 1 heterocycles. The molecule has 0 spiro atoms. The summed E-state index contributed by atoms with van der Waals surface area (Å²) in [5.41, 5.74) is 0.255. The molecular formula is C28H28N2O5. The molecule has 2 aromatic carbocycles. The summed E-state index contributed by atoms with van der Waals surface area (Å²) in [4.78, 5) is 54.1. The van der Waals surface area contributed by atoms with Gasteiger partial charge in [0.2, 0.25) is 5.91 Å². The number of carbonyl (C=O) groups is 4. The Morgan fingerprint density at radius 2 is 1.49 bits per heavy atom. The fourth-order valence-corrected chi connectivity index (χ4v) is 7.72. The first-order valence-electron chi connectivity index (χ1n) is 12.4. The molecular weight excluding hydrogens is 444 g/mol. The van der Waals surface area contributed by atoms with Crippen molar-refractivity contribution in [1.29, 1.82) is 0 Å². The van der Waals surface area contributed by atoms with Crippen LogP contribution in [-0.2, 0) is 16.0 Å². The number of fused-ring (bicyclic) bond motifs is 1. The van der Waals surface area contributed by atoms with E-state index < -0.39 is 23.0 Å². The first-order chi connectivity index (χ1) is 16.8. The Labute approximate surface area is 203 Å². The molecule has 0 radical (unpaired) electrons. The van der Waals surface area contributed by atoms with E-state index >= 15 is 0 Å². The molecule has 180 valence electrons. The van der Waals surface area contributed by atoms with Crippen LogP contribution in [0.5, 0.6) is 0 Å². The van der Waals surface area contributed by atoms with Gasteiger partial charge in [-0.3, -0.25) is 19.3 Å². The summed E-state index contributed by atoms with van der Waals surface area (Å²) in [5.74, 6) is -1.38. The zero-order valence-corrected chi connectivity index (χ0v) is 19.4. The second kappa shape index (κ2) is 7.77. The van der Waals surface area contributed by atoms with Gasteiger partial charge in [-0.1, -0.05) is 42.5 Å². The average Bonchev–Trinajstić information content (AvgIpc) is 3.09. The van der Waals surface area contributed by atoms with Gasteiger partial charge in [0, 0.05) is 6.42 Å². The fourth-order valence-electron chi connectivity index (χ4n) is 7.72. The highest BCUT2D eigenvalue weighted by molar-refractivity contribution is 6.22. The number of hydrogen-bond donors (Lipinski definition) is 2. The molecule has 4 fully saturated rings. The third kappa shape index (κ3) is 3.39. The van der Waals surface area contributed by atoms with E-state index in [1.165, 1.54) is 4.90 Å². The quantitative estimate of drug-likeness (QED) is 0.627. The number of hydrogen-bond acceptors (Lipinski definition) is 4. The highest BCUT2D eigenvalue weighted by Crippen LogP contribution is 2.64. The molecule has 4 bridgehead atoms. The number of nitrogens with one attached hydrogen (secondary N) is 1. The van der Waals surface area contributed by atoms with Gasteiger partial charge in [0.1, 0.15) is 6.04 Å². The Morgan fingerprint density at radius 3 is 2.06 bits per heavy atom. The van der Waals surface area contributed by atoms with Crippen molar-refractivity contribution in [2.75, 3.05) is 0 Å². The van der Waals surface area contributed by atoms with Gasteiger partial charge in [-0.05, 0) is 68.1 Å². The molecule has 7 heteroatoms. The topological polar surface area (TPSA) is 104 Å². The van der Waals surface area contributed by atoms with E-state index in [0.717, 1.165) is 24.8 Å². The van der Waals surface area contributed by atoms with Gasteiger partial charge in [0.05, 0.1) is 22.1 Å². The summed E-state index contributed by atoms with van der Waals surface area (Å²) in [7, 11) is 0. The van der Waals surface area contributed by atoms with E-state index in [0.29, 0.717) is 30.4 Å². The Balaban J connectivity index is 1.29. The van der Waals surface area contributed by atoms with E-state index in [2.05, 4.69) is 5.32 Å². The lowest BCUT2D eigenvalue weighted by Gasteiger charge is -2.63. The second-order valence-corrected chi connectivity index (χ2v) is 11.0. The Hall–Kier alpha value is -3.48. The van der Waals surface area contributed by atoms with Crippen molar-refractivity contribution >= 4 is 23.7 Å². The van der Waals surface area contributed by atoms with Crippen molar-refractivity contribution in [3.63, 3.8) is 0 Å². The maximum Gasteiger partial charge on any atom is 0.326 e. The van der Waals surface area contributed by atoms with E-state index in [1.54, 1.807) is 24.3 Å². The smallest absolute Gasteiger partial charge is 0.326 e. The predicted octanol–water partition coefficient (Wildman–Crippen LogP) is 3.43. The molecule has 4 saturated carbocycles. The van der Waals surface area contributed by atoms with Crippen LogP contribution in [-0.4, -0.2) is 45.3 Å². The molecule has 3 amide bonds. The summed E-state index contributed by atoms with van der Waals surface area (Å²) in [5, 5.41) is 12.7. The van der Waals surface area contributed by atoms with Crippen LogP contribution in [0.15, 0.2) is 54.6 Å². The number of carbonyl (C=O) groups excluding carboxylic acids is 3. The maximum atomic E-state index is 13.8. The molecule has 0 saturated heterocycles. The van der Waals surface area contributed by atoms with E-state index in [1.807, 2.05) is 30.3 Å². The van der Waals surface area contributed by atoms with Crippen LogP contribution in [0, 0.1) is 17.3 Å². The normalized spacial score (nSPS) is 31.4. The van der Waals surface area contributed by atoms with Crippen molar-refractivity contribution < 1.29 is 24.3 Å². The lowest BCUT2D eigenvalue weighted by molar-refractivity contribution is -0.159. The molecule has 5 aliphatic rings. The van der Waals surface area contributed by atoms with Crippen molar-refractivity contribution in [3.05, 3.63) is 71.3 Å². The monoisotopic (exact) mass is 472 g/mol. The molecule has 4 aliphatic carbocycles. The Morgan fingerprint density at radius 1 is 0.914 bits per heavy atom. The molecule has 0 aromatic heterocycles. The molecule has 2 N–H and O–H groups in total. The summed E-state index contributed by atoms with van der Waals surface area (Å²) in [6, 6.07) is 15.1. The SMILES string of the molecule is O=C(O)[C@H](Cc1ccccc1)NC(=O)C12C[C@H]3C[C@@H](C1)CC(N1C(=O)c4ccccc4C1=O)(C3)C2. The number of rotatable bonds is 6. The lowest BCUT2D eigenvalue weighted by atomic mass is 9.46. The number of imide groups is 1. The molecule has 2 aromatic rings. The van der Waals surface area contributed by atoms with Crippen LogP contribution in [0.1, 0.15) is 64.8 Å². The minimum Gasteiger partial charge on any atom is -0.480 e. The van der Waals surface area contributed by atoms with Crippen LogP contribution < -0.4 is 5.32 Å². The average molecular weight is 473 g/mol. The van der Waals surface area contributed by atoms with Gasteiger partial charge in [0.25, 0.3) is 11.8 Å². The molecule has 2 unspecified atom stereocenters. The van der Waals surface area contributed by atoms with Gasteiger partial charge < -0.3 is 10.4 Å². The van der Waals surface area contributed by atoms with Crippen molar-refractivity contribution in [2.24, 2.45) is 17.3 Å². The number of amides is 3. The van der Waals surface area contributed by atoms with E-state index in [9.17, 15) is 24.3 Å². The zero-order valence-electron chi connectivity index (χ0n) is 19.4. The number of aliphatic carboxylic acids is 1. The zero-order chi connectivity index (χ0) is 24.4. The van der Waals surface area contributed by atoms with Crippen molar-refractivity contribution in [1.82, 2.24) is 10.2 Å². The summed E-state index contributed by atoms with van der Waals surface area (Å²) < 4.78 is 0. The third-order valence-electron chi connectivity index (χ3n) is 8.67. The fraction of sp³-hybridized carbons (Fsp3) is 0.429. The first kappa shape index (κ1) is 22.0. The molecule has 5 atom stereocenters. The van der Waals surface area contributed by atoms with Gasteiger partial charge >= 0.3 is 5.97 Å². The summed E-state index contributed by atoms with van der Waals surface area (Å²) in [6.07, 6.45) is 4.39. The standard InChI is InChI=1S/C28H28N2O5/c31-23-20-8-4-5-9-21(20)24(32)30(23)28-14-18-10-19(15-28)13-27(12-18,16-28)26(35)29-22(25(33)34)11-17-6-2-1-3-7-17/h1-9,18-19,22H,10-16H2,(H,29,35)(H,33,34)/t18-,19+,22-,27?,28?/m0/s1. The number of benzene rings is 2. The molecule has 7 nitrogen and oxygen atoms in total. The van der Waals surface area contributed by atoms with Gasteiger partial charge in [-0.15, -0.1) is 0 Å². The van der Waals surface area contributed by atoms with Gasteiger partial charge in [-0.2, -0.15) is 0 Å². The van der Waals surface area contributed by atoms with Crippen LogP contribution in [0.25, 0.3) is 0 Å². The minimum absolute atomic E-state index is 0.203. The largest absolute Gasteiger partial charge is 0.480 e. The second-order valence-electron chi connectivity index (χ2n) is 11.0. The molecule has 35 heavy (non-hydrogen) atoms. The Bertz CT molecular complexity index is 1190. The van der Waals surface area contributed by atoms with E-state index in [-0.39, 0.29) is 36.0 Å². The molecule has 1 aliphatic heterocycles. The lowest BCUT2D eigenvalue weighted by Crippen LogP contribution is -2.67. The highest BCUT2D eigenvalue weighted by atomic mass is 16.4. The van der Waals surface area contributed by atoms with Crippen LogP contribution in [0.2, 0.25) is 0 Å². The van der Waals surface area contributed by atoms with Crippen molar-refractivity contribution in [2.45, 2.75) is 56.5 Å². The van der Waals surface area contributed by atoms with E-state index in [4.69, 9.17) is 0 Å².